The van der Waals surface area contributed by atoms with Gasteiger partial charge in [0.25, 0.3) is 5.91 Å². The summed E-state index contributed by atoms with van der Waals surface area (Å²) in [5.74, 6) is 1.08. The molecule has 7 heteroatoms. The first-order valence-electron chi connectivity index (χ1n) is 10.2. The largest absolute Gasteiger partial charge is 0.484 e. The number of aryl methyl sites for hydroxylation is 1. The van der Waals surface area contributed by atoms with Crippen molar-refractivity contribution in [3.63, 3.8) is 0 Å². The van der Waals surface area contributed by atoms with Crippen LogP contribution in [0.3, 0.4) is 0 Å². The number of halogens is 1. The maximum absolute atomic E-state index is 12.6. The Hall–Kier alpha value is -3.64. The molecule has 0 bridgehead atoms. The van der Waals surface area contributed by atoms with E-state index in [-0.39, 0.29) is 12.5 Å². The Labute approximate surface area is 191 Å². The van der Waals surface area contributed by atoms with E-state index in [1.165, 1.54) is 0 Å². The van der Waals surface area contributed by atoms with E-state index in [1.54, 1.807) is 24.3 Å². The molecule has 0 spiro atoms. The highest BCUT2D eigenvalue weighted by molar-refractivity contribution is 6.30. The zero-order valence-corrected chi connectivity index (χ0v) is 18.3. The fourth-order valence-corrected chi connectivity index (χ4v) is 3.29. The van der Waals surface area contributed by atoms with Crippen molar-refractivity contribution in [2.24, 2.45) is 0 Å². The fourth-order valence-electron chi connectivity index (χ4n) is 3.16. The van der Waals surface area contributed by atoms with Crippen molar-refractivity contribution >= 4 is 17.5 Å². The van der Waals surface area contributed by atoms with Crippen LogP contribution in [0.2, 0.25) is 5.02 Å². The van der Waals surface area contributed by atoms with Crippen LogP contribution in [0.4, 0.5) is 0 Å². The Bertz CT molecular complexity index is 1160. The summed E-state index contributed by atoms with van der Waals surface area (Å²) in [6, 6.07) is 24.0. The van der Waals surface area contributed by atoms with E-state index in [2.05, 4.69) is 15.5 Å². The van der Waals surface area contributed by atoms with Crippen LogP contribution in [0.15, 0.2) is 83.4 Å². The highest BCUT2D eigenvalue weighted by Gasteiger charge is 2.22. The number of carbonyl (C=O) groups excluding carboxylic acids is 1. The Balaban J connectivity index is 1.49. The predicted molar refractivity (Wildman–Crippen MR) is 122 cm³/mol. The van der Waals surface area contributed by atoms with Gasteiger partial charge in [-0.2, -0.15) is 4.98 Å². The third-order valence-corrected chi connectivity index (χ3v) is 5.10. The molecular weight excluding hydrogens is 426 g/mol. The molecule has 1 aromatic heterocycles. The monoisotopic (exact) mass is 447 g/mol. The second-order valence-corrected chi connectivity index (χ2v) is 7.81. The molecule has 0 fully saturated rings. The lowest BCUT2D eigenvalue weighted by atomic mass is 10.1. The molecule has 1 heterocycles. The van der Waals surface area contributed by atoms with Crippen LogP contribution >= 0.6 is 11.6 Å². The molecule has 4 aromatic rings. The average molecular weight is 448 g/mol. The Morgan fingerprint density at radius 3 is 2.47 bits per heavy atom. The quantitative estimate of drug-likeness (QED) is 0.403. The molecule has 4 rings (SSSR count). The molecule has 0 aliphatic rings. The van der Waals surface area contributed by atoms with Crippen molar-refractivity contribution in [3.05, 3.63) is 101 Å². The second kappa shape index (κ2) is 10.1. The number of nitrogens with one attached hydrogen (secondary N) is 1. The Morgan fingerprint density at radius 1 is 1.03 bits per heavy atom. The van der Waals surface area contributed by atoms with Gasteiger partial charge in [-0.3, -0.25) is 4.79 Å². The van der Waals surface area contributed by atoms with Crippen LogP contribution in [0.1, 0.15) is 23.1 Å². The Morgan fingerprint density at radius 2 is 1.75 bits per heavy atom. The van der Waals surface area contributed by atoms with Crippen LogP contribution in [0, 0.1) is 6.92 Å². The molecule has 3 aromatic carbocycles. The van der Waals surface area contributed by atoms with E-state index < -0.39 is 6.04 Å². The van der Waals surface area contributed by atoms with E-state index in [9.17, 15) is 4.79 Å². The number of rotatable bonds is 8. The lowest BCUT2D eigenvalue weighted by Crippen LogP contribution is -2.34. The van der Waals surface area contributed by atoms with Gasteiger partial charge in [0.15, 0.2) is 6.61 Å². The summed E-state index contributed by atoms with van der Waals surface area (Å²) in [6.07, 6.45) is 0.503. The SMILES string of the molecule is Cc1ccc(-c2noc([C@@H](Cc3ccccc3)NC(=O)COc3ccc(Cl)cc3)n2)cc1. The van der Waals surface area contributed by atoms with Gasteiger partial charge < -0.3 is 14.6 Å². The number of nitrogens with zero attached hydrogens (tertiary/aromatic N) is 2. The summed E-state index contributed by atoms with van der Waals surface area (Å²) in [4.78, 5) is 17.2. The van der Waals surface area contributed by atoms with Crippen LogP contribution in [-0.4, -0.2) is 22.7 Å². The summed E-state index contributed by atoms with van der Waals surface area (Å²) >= 11 is 5.88. The third kappa shape index (κ3) is 5.74. The van der Waals surface area contributed by atoms with E-state index in [1.807, 2.05) is 61.5 Å². The minimum Gasteiger partial charge on any atom is -0.484 e. The van der Waals surface area contributed by atoms with Gasteiger partial charge in [0.05, 0.1) is 0 Å². The first-order valence-corrected chi connectivity index (χ1v) is 10.6. The van der Waals surface area contributed by atoms with Gasteiger partial charge in [-0.25, -0.2) is 0 Å². The predicted octanol–water partition coefficient (Wildman–Crippen LogP) is 5.18. The van der Waals surface area contributed by atoms with Crippen LogP contribution in [-0.2, 0) is 11.2 Å². The molecule has 0 saturated heterocycles. The van der Waals surface area contributed by atoms with Gasteiger partial charge in [0.2, 0.25) is 11.7 Å². The van der Waals surface area contributed by atoms with Crippen LogP contribution < -0.4 is 10.1 Å². The molecule has 1 N–H and O–H groups in total. The molecule has 1 amide bonds. The molecule has 0 aliphatic heterocycles. The summed E-state index contributed by atoms with van der Waals surface area (Å²) in [5, 5.41) is 7.66. The lowest BCUT2D eigenvalue weighted by molar-refractivity contribution is -0.124. The molecule has 1 atom stereocenters. The number of benzene rings is 3. The minimum absolute atomic E-state index is 0.147. The third-order valence-electron chi connectivity index (χ3n) is 4.85. The zero-order valence-electron chi connectivity index (χ0n) is 17.5. The van der Waals surface area contributed by atoms with E-state index in [0.717, 1.165) is 16.7 Å². The maximum Gasteiger partial charge on any atom is 0.258 e. The van der Waals surface area contributed by atoms with Crippen molar-refractivity contribution < 1.29 is 14.1 Å². The second-order valence-electron chi connectivity index (χ2n) is 7.37. The van der Waals surface area contributed by atoms with Crippen molar-refractivity contribution in [2.45, 2.75) is 19.4 Å². The smallest absolute Gasteiger partial charge is 0.258 e. The van der Waals surface area contributed by atoms with Gasteiger partial charge in [0.1, 0.15) is 11.8 Å². The zero-order chi connectivity index (χ0) is 22.3. The molecule has 6 nitrogen and oxygen atoms in total. The lowest BCUT2D eigenvalue weighted by Gasteiger charge is -2.15. The summed E-state index contributed by atoms with van der Waals surface area (Å²) in [7, 11) is 0. The van der Waals surface area contributed by atoms with Crippen molar-refractivity contribution in [1.82, 2.24) is 15.5 Å². The van der Waals surface area contributed by atoms with E-state index >= 15 is 0 Å². The van der Waals surface area contributed by atoms with E-state index in [0.29, 0.717) is 28.9 Å². The van der Waals surface area contributed by atoms with Gasteiger partial charge in [-0.05, 0) is 36.8 Å². The number of amides is 1. The topological polar surface area (TPSA) is 77.2 Å². The molecule has 32 heavy (non-hydrogen) atoms. The summed E-state index contributed by atoms with van der Waals surface area (Å²) in [6.45, 7) is 1.87. The summed E-state index contributed by atoms with van der Waals surface area (Å²) < 4.78 is 11.1. The van der Waals surface area contributed by atoms with Crippen molar-refractivity contribution in [3.8, 4) is 17.1 Å². The number of ether oxygens (including phenoxy) is 1. The van der Waals surface area contributed by atoms with E-state index in [4.69, 9.17) is 20.9 Å². The van der Waals surface area contributed by atoms with Gasteiger partial charge >= 0.3 is 0 Å². The molecular formula is C25H22ClN3O3. The standard InChI is InChI=1S/C25H22ClN3O3/c1-17-7-9-19(10-8-17)24-28-25(32-29-24)22(15-18-5-3-2-4-6-18)27-23(30)16-31-21-13-11-20(26)12-14-21/h2-14,22H,15-16H2,1H3,(H,27,30)/t22-/m1/s1. The number of hydrogen-bond acceptors (Lipinski definition) is 5. The normalized spacial score (nSPS) is 11.7. The molecule has 162 valence electrons. The summed E-state index contributed by atoms with van der Waals surface area (Å²) in [5.41, 5.74) is 3.03. The maximum atomic E-state index is 12.6. The highest BCUT2D eigenvalue weighted by Crippen LogP contribution is 2.22. The van der Waals surface area contributed by atoms with Gasteiger partial charge in [0, 0.05) is 17.0 Å². The molecule has 0 aliphatic carbocycles. The van der Waals surface area contributed by atoms with Crippen LogP contribution in [0.5, 0.6) is 5.75 Å². The first kappa shape index (κ1) is 21.6. The number of carbonyl (C=O) groups is 1. The number of aromatic nitrogens is 2. The molecule has 0 unspecified atom stereocenters. The average Bonchev–Trinajstić information content (AvgIpc) is 3.30. The van der Waals surface area contributed by atoms with Crippen LogP contribution in [0.25, 0.3) is 11.4 Å². The van der Waals surface area contributed by atoms with Crippen molar-refractivity contribution in [1.29, 1.82) is 0 Å². The minimum atomic E-state index is -0.495. The molecule has 0 saturated carbocycles. The van der Waals surface area contributed by atoms with Gasteiger partial charge in [-0.1, -0.05) is 76.9 Å². The fraction of sp³-hybridized carbons (Fsp3) is 0.160. The highest BCUT2D eigenvalue weighted by atomic mass is 35.5. The van der Waals surface area contributed by atoms with Gasteiger partial charge in [-0.15, -0.1) is 0 Å². The molecule has 0 radical (unpaired) electrons. The van der Waals surface area contributed by atoms with Crippen molar-refractivity contribution in [2.75, 3.05) is 6.61 Å². The first-order chi connectivity index (χ1) is 15.6. The Kier molecular flexibility index (Phi) is 6.82. The number of hydrogen-bond donors (Lipinski definition) is 1.